The van der Waals surface area contributed by atoms with Crippen LogP contribution < -0.4 is 29.1 Å². The van der Waals surface area contributed by atoms with Gasteiger partial charge in [0, 0.05) is 11.0 Å². The van der Waals surface area contributed by atoms with Crippen LogP contribution in [-0.2, 0) is 9.53 Å². The fourth-order valence-electron chi connectivity index (χ4n) is 4.60. The normalized spacial score (nSPS) is 14.8. The number of ether oxygens (including phenoxy) is 4. The van der Waals surface area contributed by atoms with Crippen molar-refractivity contribution in [2.24, 2.45) is 4.99 Å². The lowest BCUT2D eigenvalue weighted by Gasteiger charge is -2.26. The van der Waals surface area contributed by atoms with Crippen molar-refractivity contribution < 1.29 is 28.2 Å². The standard InChI is InChI=1S/C30H27BrN2O7S2/c1-6-39-28(35)24-16(2)32-30-33(25(24)17-12-21(36-3)26(38-5)22(13-17)37-4)27(34)23(42-30)15-18-14-20(31)29(40-18)41-19-10-8-7-9-11-19/h7-15,25H,6H2,1-5H3/b23-15+/t25-/m0/s1. The van der Waals surface area contributed by atoms with Crippen LogP contribution >= 0.6 is 39.0 Å². The third-order valence-corrected chi connectivity index (χ3v) is 9.25. The van der Waals surface area contributed by atoms with Gasteiger partial charge in [0.2, 0.25) is 5.75 Å². The number of hydrogen-bond acceptors (Lipinski definition) is 10. The van der Waals surface area contributed by atoms with Crippen LogP contribution in [-0.4, -0.2) is 38.5 Å². The number of carbonyl (C=O) groups excluding carboxylic acids is 1. The summed E-state index contributed by atoms with van der Waals surface area (Å²) in [5.74, 6) is 1.09. The summed E-state index contributed by atoms with van der Waals surface area (Å²) in [6.45, 7) is 3.62. The summed E-state index contributed by atoms with van der Waals surface area (Å²) in [5, 5.41) is 0.663. The van der Waals surface area contributed by atoms with Crippen molar-refractivity contribution in [3.8, 4) is 17.2 Å². The zero-order chi connectivity index (χ0) is 30.0. The van der Waals surface area contributed by atoms with Crippen LogP contribution in [0.1, 0.15) is 31.2 Å². The van der Waals surface area contributed by atoms with Gasteiger partial charge in [-0.05, 0) is 65.7 Å². The predicted molar refractivity (Wildman–Crippen MR) is 163 cm³/mol. The number of benzene rings is 2. The number of aromatic nitrogens is 1. The number of esters is 1. The van der Waals surface area contributed by atoms with Gasteiger partial charge in [-0.1, -0.05) is 41.3 Å². The van der Waals surface area contributed by atoms with E-state index < -0.39 is 12.0 Å². The molecule has 2 aromatic carbocycles. The van der Waals surface area contributed by atoms with Gasteiger partial charge in [-0.25, -0.2) is 9.79 Å². The fraction of sp³-hybridized carbons (Fsp3) is 0.233. The quantitative estimate of drug-likeness (QED) is 0.220. The van der Waals surface area contributed by atoms with E-state index in [1.165, 1.54) is 49.0 Å². The predicted octanol–water partition coefficient (Wildman–Crippen LogP) is 5.33. The van der Waals surface area contributed by atoms with Crippen LogP contribution in [0.25, 0.3) is 6.08 Å². The minimum atomic E-state index is -0.858. The molecule has 0 amide bonds. The Bertz CT molecular complexity index is 1830. The summed E-state index contributed by atoms with van der Waals surface area (Å²) < 4.78 is 30.8. The van der Waals surface area contributed by atoms with E-state index in [1.807, 2.05) is 36.4 Å². The maximum Gasteiger partial charge on any atom is 0.338 e. The average Bonchev–Trinajstić information content (AvgIpc) is 3.48. The number of fused-ring (bicyclic) bond motifs is 1. The summed E-state index contributed by atoms with van der Waals surface area (Å²) in [6.07, 6.45) is 1.68. The van der Waals surface area contributed by atoms with Crippen molar-refractivity contribution in [1.29, 1.82) is 0 Å². The smallest absolute Gasteiger partial charge is 0.338 e. The number of furan rings is 1. The molecule has 218 valence electrons. The molecule has 5 rings (SSSR count). The van der Waals surface area contributed by atoms with E-state index in [-0.39, 0.29) is 17.7 Å². The van der Waals surface area contributed by atoms with Crippen LogP contribution in [0.4, 0.5) is 0 Å². The second-order valence-electron chi connectivity index (χ2n) is 8.96. The van der Waals surface area contributed by atoms with Gasteiger partial charge in [0.15, 0.2) is 21.4 Å². The molecule has 0 unspecified atom stereocenters. The van der Waals surface area contributed by atoms with Crippen LogP contribution in [0.2, 0.25) is 0 Å². The molecule has 1 atom stereocenters. The Morgan fingerprint density at radius 1 is 1.12 bits per heavy atom. The molecule has 2 aromatic heterocycles. The number of allylic oxidation sites excluding steroid dienone is 1. The molecular weight excluding hydrogens is 644 g/mol. The molecule has 1 aliphatic heterocycles. The number of thiazole rings is 1. The Hall–Kier alpha value is -3.74. The van der Waals surface area contributed by atoms with Crippen molar-refractivity contribution in [1.82, 2.24) is 4.57 Å². The Labute approximate surface area is 258 Å². The van der Waals surface area contributed by atoms with Crippen molar-refractivity contribution in [2.75, 3.05) is 27.9 Å². The fourth-order valence-corrected chi connectivity index (χ4v) is 6.98. The first-order valence-corrected chi connectivity index (χ1v) is 15.2. The Kier molecular flexibility index (Phi) is 8.95. The van der Waals surface area contributed by atoms with E-state index in [0.29, 0.717) is 48.7 Å². The van der Waals surface area contributed by atoms with Crippen LogP contribution in [0, 0.1) is 0 Å². The zero-order valence-corrected chi connectivity index (χ0v) is 26.6. The molecule has 0 radical (unpaired) electrons. The molecule has 9 nitrogen and oxygen atoms in total. The van der Waals surface area contributed by atoms with E-state index in [9.17, 15) is 9.59 Å². The highest BCUT2D eigenvalue weighted by atomic mass is 79.9. The van der Waals surface area contributed by atoms with E-state index in [2.05, 4.69) is 20.9 Å². The highest BCUT2D eigenvalue weighted by molar-refractivity contribution is 9.10. The summed E-state index contributed by atoms with van der Waals surface area (Å²) >= 11 is 6.24. The van der Waals surface area contributed by atoms with Crippen molar-refractivity contribution in [2.45, 2.75) is 29.9 Å². The van der Waals surface area contributed by atoms with E-state index in [1.54, 1.807) is 32.1 Å². The first-order chi connectivity index (χ1) is 20.3. The molecule has 0 aliphatic carbocycles. The van der Waals surface area contributed by atoms with Gasteiger partial charge in [-0.15, -0.1) is 0 Å². The Morgan fingerprint density at radius 2 is 1.81 bits per heavy atom. The SMILES string of the molecule is CCOC(=O)C1=C(C)N=c2s/c(=C/c3cc(Br)c(Sc4ccccc4)o3)c(=O)n2[C@H]1c1cc(OC)c(OC)c(OC)c1. The molecule has 4 aromatic rings. The van der Waals surface area contributed by atoms with Crippen molar-refractivity contribution in [3.63, 3.8) is 0 Å². The average molecular weight is 672 g/mol. The van der Waals surface area contributed by atoms with Gasteiger partial charge in [0.05, 0.1) is 54.3 Å². The minimum Gasteiger partial charge on any atom is -0.493 e. The second kappa shape index (κ2) is 12.6. The van der Waals surface area contributed by atoms with Crippen LogP contribution in [0.15, 0.2) is 88.5 Å². The van der Waals surface area contributed by atoms with Crippen molar-refractivity contribution >= 4 is 51.1 Å². The number of rotatable bonds is 9. The molecule has 0 N–H and O–H groups in total. The number of nitrogens with zero attached hydrogens (tertiary/aromatic N) is 2. The third-order valence-electron chi connectivity index (χ3n) is 6.42. The number of halogens is 1. The lowest BCUT2D eigenvalue weighted by Crippen LogP contribution is -2.40. The van der Waals surface area contributed by atoms with Crippen molar-refractivity contribution in [3.05, 3.63) is 95.3 Å². The van der Waals surface area contributed by atoms with E-state index in [0.717, 1.165) is 9.37 Å². The van der Waals surface area contributed by atoms with E-state index in [4.69, 9.17) is 23.4 Å². The van der Waals surface area contributed by atoms with Gasteiger partial charge >= 0.3 is 5.97 Å². The topological polar surface area (TPSA) is 101 Å². The molecular formula is C30H27BrN2O7S2. The number of methoxy groups -OCH3 is 3. The zero-order valence-electron chi connectivity index (χ0n) is 23.4. The highest BCUT2D eigenvalue weighted by Crippen LogP contribution is 2.42. The van der Waals surface area contributed by atoms with Gasteiger partial charge in [-0.2, -0.15) is 0 Å². The molecule has 0 saturated carbocycles. The monoisotopic (exact) mass is 670 g/mol. The molecule has 12 heteroatoms. The van der Waals surface area contributed by atoms with Gasteiger partial charge in [0.25, 0.3) is 5.56 Å². The summed E-state index contributed by atoms with van der Waals surface area (Å²) in [6, 6.07) is 14.2. The third kappa shape index (κ3) is 5.66. The number of carbonyl (C=O) groups is 1. The molecule has 0 spiro atoms. The molecule has 0 saturated heterocycles. The second-order valence-corrected chi connectivity index (χ2v) is 11.9. The molecule has 42 heavy (non-hydrogen) atoms. The Balaban J connectivity index is 1.67. The first-order valence-electron chi connectivity index (χ1n) is 12.8. The molecule has 3 heterocycles. The summed E-state index contributed by atoms with van der Waals surface area (Å²) in [7, 11) is 4.52. The largest absolute Gasteiger partial charge is 0.493 e. The lowest BCUT2D eigenvalue weighted by molar-refractivity contribution is -0.139. The minimum absolute atomic E-state index is 0.165. The van der Waals surface area contributed by atoms with Gasteiger partial charge < -0.3 is 23.4 Å². The van der Waals surface area contributed by atoms with Gasteiger partial charge in [-0.3, -0.25) is 9.36 Å². The maximum atomic E-state index is 14.0. The molecule has 1 aliphatic rings. The van der Waals surface area contributed by atoms with Crippen LogP contribution in [0.5, 0.6) is 17.2 Å². The maximum absolute atomic E-state index is 14.0. The van der Waals surface area contributed by atoms with Crippen LogP contribution in [0.3, 0.4) is 0 Å². The number of hydrogen-bond donors (Lipinski definition) is 0. The first kappa shape index (κ1) is 29.7. The molecule has 0 fully saturated rings. The van der Waals surface area contributed by atoms with Gasteiger partial charge in [0.1, 0.15) is 5.76 Å². The Morgan fingerprint density at radius 3 is 2.43 bits per heavy atom. The highest BCUT2D eigenvalue weighted by Gasteiger charge is 2.34. The summed E-state index contributed by atoms with van der Waals surface area (Å²) in [4.78, 5) is 33.4. The van der Waals surface area contributed by atoms with E-state index >= 15 is 0 Å². The molecule has 0 bridgehead atoms. The lowest BCUT2D eigenvalue weighted by atomic mass is 9.95. The summed E-state index contributed by atoms with van der Waals surface area (Å²) in [5.41, 5.74) is 0.919.